The molecule has 0 aliphatic carbocycles. The van der Waals surface area contributed by atoms with Gasteiger partial charge in [0.25, 0.3) is 0 Å². The van der Waals surface area contributed by atoms with Crippen LogP contribution in [0, 0.1) is 19.3 Å². The molecule has 1 atom stereocenters. The Morgan fingerprint density at radius 1 is 1.56 bits per heavy atom. The topological polar surface area (TPSA) is 75.6 Å². The summed E-state index contributed by atoms with van der Waals surface area (Å²) >= 11 is 0. The zero-order chi connectivity index (χ0) is 13.8. The minimum absolute atomic E-state index is 0.108. The number of hydrogen-bond acceptors (Lipinski definition) is 4. The van der Waals surface area contributed by atoms with Crippen LogP contribution in [0.5, 0.6) is 5.75 Å². The average molecular weight is 269 g/mol. The zero-order valence-corrected chi connectivity index (χ0v) is 11.0. The van der Waals surface area contributed by atoms with E-state index in [-0.39, 0.29) is 4.90 Å². The summed E-state index contributed by atoms with van der Waals surface area (Å²) in [5.74, 6) is 2.73. The maximum absolute atomic E-state index is 12.0. The lowest BCUT2D eigenvalue weighted by molar-refractivity contribution is 0.280. The molecule has 0 saturated heterocycles. The van der Waals surface area contributed by atoms with Crippen molar-refractivity contribution in [2.45, 2.75) is 17.9 Å². The summed E-state index contributed by atoms with van der Waals surface area (Å²) in [6.07, 6.45) is 5.10. The highest BCUT2D eigenvalue weighted by molar-refractivity contribution is 7.89. The van der Waals surface area contributed by atoms with Crippen molar-refractivity contribution in [2.75, 3.05) is 13.7 Å². The van der Waals surface area contributed by atoms with Crippen LogP contribution in [-0.2, 0) is 10.0 Å². The summed E-state index contributed by atoms with van der Waals surface area (Å²) in [6, 6.07) is 3.65. The van der Waals surface area contributed by atoms with Gasteiger partial charge in [0.1, 0.15) is 11.8 Å². The Labute approximate surface area is 107 Å². The number of hydrogen-bond donors (Lipinski definition) is 2. The van der Waals surface area contributed by atoms with E-state index in [9.17, 15) is 8.42 Å². The van der Waals surface area contributed by atoms with Crippen LogP contribution in [0.1, 0.15) is 5.56 Å². The van der Waals surface area contributed by atoms with Crippen LogP contribution >= 0.6 is 0 Å². The summed E-state index contributed by atoms with van der Waals surface area (Å²) in [5, 5.41) is 8.90. The number of aliphatic hydroxyl groups is 1. The van der Waals surface area contributed by atoms with Crippen molar-refractivity contribution >= 4 is 10.0 Å². The Hall–Kier alpha value is -1.55. The normalized spacial score (nSPS) is 12.8. The Bertz CT molecular complexity index is 560. The van der Waals surface area contributed by atoms with E-state index in [1.165, 1.54) is 13.2 Å². The van der Waals surface area contributed by atoms with Gasteiger partial charge in [-0.25, -0.2) is 8.42 Å². The first-order valence-corrected chi connectivity index (χ1v) is 6.67. The number of rotatable bonds is 5. The van der Waals surface area contributed by atoms with Gasteiger partial charge >= 0.3 is 0 Å². The molecule has 0 aliphatic heterocycles. The molecule has 1 aromatic rings. The summed E-state index contributed by atoms with van der Waals surface area (Å²) in [5.41, 5.74) is 0.538. The van der Waals surface area contributed by atoms with Gasteiger partial charge in [-0.1, -0.05) is 5.92 Å². The molecule has 0 fully saturated rings. The molecule has 0 saturated carbocycles. The number of benzene rings is 1. The molecular formula is C12H15NO4S. The van der Waals surface area contributed by atoms with Gasteiger partial charge < -0.3 is 9.84 Å². The number of terminal acetylenes is 1. The van der Waals surface area contributed by atoms with Gasteiger partial charge in [0, 0.05) is 0 Å². The fourth-order valence-corrected chi connectivity index (χ4v) is 2.80. The minimum Gasteiger partial charge on any atom is -0.497 e. The number of ether oxygens (including phenoxy) is 1. The van der Waals surface area contributed by atoms with E-state index in [1.54, 1.807) is 19.1 Å². The molecule has 0 aromatic heterocycles. The lowest BCUT2D eigenvalue weighted by Gasteiger charge is -2.13. The first-order chi connectivity index (χ1) is 8.44. The summed E-state index contributed by atoms with van der Waals surface area (Å²) in [7, 11) is -2.25. The van der Waals surface area contributed by atoms with Crippen LogP contribution in [0.25, 0.3) is 0 Å². The first-order valence-electron chi connectivity index (χ1n) is 5.18. The van der Waals surface area contributed by atoms with Gasteiger partial charge in [-0.2, -0.15) is 4.72 Å². The molecule has 98 valence electrons. The highest BCUT2D eigenvalue weighted by Gasteiger charge is 2.20. The van der Waals surface area contributed by atoms with E-state index in [1.807, 2.05) is 0 Å². The van der Waals surface area contributed by atoms with Crippen molar-refractivity contribution in [1.82, 2.24) is 4.72 Å². The van der Waals surface area contributed by atoms with Crippen LogP contribution in [-0.4, -0.2) is 33.3 Å². The maximum atomic E-state index is 12.0. The number of sulfonamides is 1. The molecule has 0 amide bonds. The van der Waals surface area contributed by atoms with Gasteiger partial charge in [0.05, 0.1) is 18.6 Å². The minimum atomic E-state index is -3.75. The van der Waals surface area contributed by atoms with Crippen molar-refractivity contribution in [3.8, 4) is 18.1 Å². The molecule has 2 N–H and O–H groups in total. The Morgan fingerprint density at radius 3 is 2.67 bits per heavy atom. The molecule has 1 aromatic carbocycles. The number of nitrogens with one attached hydrogen (secondary N) is 1. The van der Waals surface area contributed by atoms with Gasteiger partial charge in [-0.15, -0.1) is 6.42 Å². The quantitative estimate of drug-likeness (QED) is 0.753. The molecule has 0 bridgehead atoms. The van der Waals surface area contributed by atoms with Crippen molar-refractivity contribution in [1.29, 1.82) is 0 Å². The molecular weight excluding hydrogens is 254 g/mol. The van der Waals surface area contributed by atoms with E-state index < -0.39 is 22.7 Å². The third kappa shape index (κ3) is 3.23. The maximum Gasteiger partial charge on any atom is 0.242 e. The van der Waals surface area contributed by atoms with Crippen molar-refractivity contribution in [3.05, 3.63) is 23.8 Å². The smallest absolute Gasteiger partial charge is 0.242 e. The summed E-state index contributed by atoms with van der Waals surface area (Å²) in [4.78, 5) is 0.108. The Balaban J connectivity index is 3.10. The molecule has 1 rings (SSSR count). The highest BCUT2D eigenvalue weighted by Crippen LogP contribution is 2.20. The second-order valence-corrected chi connectivity index (χ2v) is 5.34. The van der Waals surface area contributed by atoms with Crippen molar-refractivity contribution < 1.29 is 18.3 Å². The third-order valence-electron chi connectivity index (χ3n) is 2.35. The van der Waals surface area contributed by atoms with Gasteiger partial charge in [-0.3, -0.25) is 0 Å². The molecule has 6 heteroatoms. The standard InChI is InChI=1S/C12H15NO4S/c1-4-10(8-14)13-18(15,16)12-6-5-11(17-3)7-9(12)2/h1,5-7,10,13-14H,8H2,2-3H3. The fourth-order valence-electron chi connectivity index (χ4n) is 1.43. The van der Waals surface area contributed by atoms with Crippen LogP contribution in [0.15, 0.2) is 23.1 Å². The monoisotopic (exact) mass is 269 g/mol. The third-order valence-corrected chi connectivity index (χ3v) is 3.98. The van der Waals surface area contributed by atoms with Gasteiger partial charge in [0.2, 0.25) is 10.0 Å². The van der Waals surface area contributed by atoms with Crippen LogP contribution < -0.4 is 9.46 Å². The highest BCUT2D eigenvalue weighted by atomic mass is 32.2. The molecule has 5 nitrogen and oxygen atoms in total. The second kappa shape index (κ2) is 5.87. The van der Waals surface area contributed by atoms with Crippen molar-refractivity contribution in [2.24, 2.45) is 0 Å². The number of aryl methyl sites for hydroxylation is 1. The fraction of sp³-hybridized carbons (Fsp3) is 0.333. The predicted octanol–water partition coefficient (Wildman–Crippen LogP) is 0.276. The first kappa shape index (κ1) is 14.5. The zero-order valence-electron chi connectivity index (χ0n) is 10.2. The van der Waals surface area contributed by atoms with Crippen LogP contribution in [0.4, 0.5) is 0 Å². The second-order valence-electron chi connectivity index (χ2n) is 3.65. The molecule has 18 heavy (non-hydrogen) atoms. The van der Waals surface area contributed by atoms with E-state index in [4.69, 9.17) is 16.3 Å². The van der Waals surface area contributed by atoms with E-state index in [2.05, 4.69) is 10.6 Å². The van der Waals surface area contributed by atoms with Crippen LogP contribution in [0.2, 0.25) is 0 Å². The molecule has 0 heterocycles. The summed E-state index contributed by atoms with van der Waals surface area (Å²) < 4.78 is 31.3. The largest absolute Gasteiger partial charge is 0.497 e. The molecule has 1 unspecified atom stereocenters. The average Bonchev–Trinajstić information content (AvgIpc) is 2.35. The Kier molecular flexibility index (Phi) is 4.73. The summed E-state index contributed by atoms with van der Waals surface area (Å²) in [6.45, 7) is 1.20. The molecule has 0 aliphatic rings. The number of methoxy groups -OCH3 is 1. The van der Waals surface area contributed by atoms with E-state index in [0.717, 1.165) is 0 Å². The molecule has 0 spiro atoms. The van der Waals surface area contributed by atoms with Crippen LogP contribution in [0.3, 0.4) is 0 Å². The predicted molar refractivity (Wildman–Crippen MR) is 67.8 cm³/mol. The number of aliphatic hydroxyl groups excluding tert-OH is 1. The molecule has 0 radical (unpaired) electrons. The van der Waals surface area contributed by atoms with Gasteiger partial charge in [-0.05, 0) is 30.7 Å². The van der Waals surface area contributed by atoms with Crippen molar-refractivity contribution in [3.63, 3.8) is 0 Å². The SMILES string of the molecule is C#CC(CO)NS(=O)(=O)c1ccc(OC)cc1C. The van der Waals surface area contributed by atoms with Gasteiger partial charge in [0.15, 0.2) is 0 Å². The Morgan fingerprint density at radius 2 is 2.22 bits per heavy atom. The van der Waals surface area contributed by atoms with E-state index in [0.29, 0.717) is 11.3 Å². The lowest BCUT2D eigenvalue weighted by atomic mass is 10.2. The van der Waals surface area contributed by atoms with E-state index >= 15 is 0 Å². The lowest BCUT2D eigenvalue weighted by Crippen LogP contribution is -2.36.